The first kappa shape index (κ1) is 8.60. The summed E-state index contributed by atoms with van der Waals surface area (Å²) in [5.41, 5.74) is 1.69. The summed E-state index contributed by atoms with van der Waals surface area (Å²) in [6.45, 7) is 0. The fourth-order valence-electron chi connectivity index (χ4n) is 1.41. The van der Waals surface area contributed by atoms with E-state index in [9.17, 15) is 0 Å². The van der Waals surface area contributed by atoms with Gasteiger partial charge in [0, 0.05) is 29.8 Å². The zero-order valence-corrected chi connectivity index (χ0v) is 8.01. The number of fused-ring (bicyclic) bond motifs is 1. The molecule has 0 spiro atoms. The van der Waals surface area contributed by atoms with E-state index in [2.05, 4.69) is 4.98 Å². The van der Waals surface area contributed by atoms with Gasteiger partial charge in [-0.2, -0.15) is 0 Å². The largest absolute Gasteiger partial charge is 0.361 e. The third kappa shape index (κ3) is 1.43. The van der Waals surface area contributed by atoms with Gasteiger partial charge in [0.2, 0.25) is 0 Å². The molecular formula is C10H10ClNO. The summed E-state index contributed by atoms with van der Waals surface area (Å²) < 4.78 is 5.05. The van der Waals surface area contributed by atoms with Crippen LogP contribution in [0.3, 0.4) is 0 Å². The molecule has 0 saturated carbocycles. The van der Waals surface area contributed by atoms with Crippen molar-refractivity contribution in [2.45, 2.75) is 5.56 Å². The Bertz CT molecular complexity index is 410. The van der Waals surface area contributed by atoms with Gasteiger partial charge in [0.15, 0.2) is 5.56 Å². The first-order chi connectivity index (χ1) is 6.33. The molecule has 1 atom stereocenters. The number of hydrogen-bond acceptors (Lipinski definition) is 1. The van der Waals surface area contributed by atoms with Crippen LogP contribution in [0.15, 0.2) is 30.5 Å². The van der Waals surface area contributed by atoms with E-state index in [-0.39, 0.29) is 5.56 Å². The summed E-state index contributed by atoms with van der Waals surface area (Å²) in [7, 11) is 1.60. The van der Waals surface area contributed by atoms with E-state index >= 15 is 0 Å². The lowest BCUT2D eigenvalue weighted by Gasteiger charge is -2.04. The SMILES string of the molecule is COC(Cl)c1c[nH]c2ccccc12. The van der Waals surface area contributed by atoms with Crippen molar-refractivity contribution in [2.24, 2.45) is 0 Å². The van der Waals surface area contributed by atoms with Gasteiger partial charge in [-0.15, -0.1) is 0 Å². The highest BCUT2D eigenvalue weighted by Crippen LogP contribution is 2.28. The zero-order valence-electron chi connectivity index (χ0n) is 7.25. The normalized spacial score (nSPS) is 13.4. The molecule has 0 bridgehead atoms. The molecule has 2 nitrogen and oxygen atoms in total. The summed E-state index contributed by atoms with van der Waals surface area (Å²) in [6, 6.07) is 8.01. The molecule has 0 fully saturated rings. The molecule has 1 aromatic heterocycles. The van der Waals surface area contributed by atoms with Crippen molar-refractivity contribution >= 4 is 22.5 Å². The van der Waals surface area contributed by atoms with Crippen LogP contribution in [-0.4, -0.2) is 12.1 Å². The monoisotopic (exact) mass is 195 g/mol. The predicted octanol–water partition coefficient (Wildman–Crippen LogP) is 3.05. The molecule has 2 aromatic rings. The van der Waals surface area contributed by atoms with E-state index in [4.69, 9.17) is 16.3 Å². The molecule has 0 aliphatic heterocycles. The lowest BCUT2D eigenvalue weighted by atomic mass is 10.2. The Kier molecular flexibility index (Phi) is 2.25. The van der Waals surface area contributed by atoms with Crippen LogP contribution in [-0.2, 0) is 4.74 Å². The average Bonchev–Trinajstić information content (AvgIpc) is 2.60. The van der Waals surface area contributed by atoms with Gasteiger partial charge in [-0.25, -0.2) is 0 Å². The van der Waals surface area contributed by atoms with Gasteiger partial charge in [0.1, 0.15) is 0 Å². The molecule has 3 heteroatoms. The third-order valence-corrected chi connectivity index (χ3v) is 2.49. The Morgan fingerprint density at radius 2 is 2.15 bits per heavy atom. The first-order valence-corrected chi connectivity index (χ1v) is 4.49. The van der Waals surface area contributed by atoms with Crippen LogP contribution in [0.1, 0.15) is 11.1 Å². The van der Waals surface area contributed by atoms with Crippen molar-refractivity contribution in [3.8, 4) is 0 Å². The van der Waals surface area contributed by atoms with E-state index < -0.39 is 0 Å². The molecule has 1 N–H and O–H groups in total. The van der Waals surface area contributed by atoms with Crippen LogP contribution in [0, 0.1) is 0 Å². The standard InChI is InChI=1S/C10H10ClNO/c1-13-10(11)8-6-12-9-5-3-2-4-7(8)9/h2-6,10,12H,1H3. The van der Waals surface area contributed by atoms with Crippen LogP contribution in [0.2, 0.25) is 0 Å². The van der Waals surface area contributed by atoms with E-state index in [0.717, 1.165) is 16.5 Å². The maximum atomic E-state index is 5.97. The molecule has 13 heavy (non-hydrogen) atoms. The van der Waals surface area contributed by atoms with Crippen molar-refractivity contribution in [3.63, 3.8) is 0 Å². The number of para-hydroxylation sites is 1. The molecule has 0 amide bonds. The van der Waals surface area contributed by atoms with Crippen molar-refractivity contribution in [3.05, 3.63) is 36.0 Å². The highest BCUT2D eigenvalue weighted by molar-refractivity contribution is 6.20. The predicted molar refractivity (Wildman–Crippen MR) is 53.9 cm³/mol. The molecule has 68 valence electrons. The number of aromatic amines is 1. The molecule has 0 aliphatic rings. The number of methoxy groups -OCH3 is 1. The number of ether oxygens (including phenoxy) is 1. The third-order valence-electron chi connectivity index (χ3n) is 2.07. The van der Waals surface area contributed by atoms with Gasteiger partial charge in [0.25, 0.3) is 0 Å². The maximum absolute atomic E-state index is 5.97. The van der Waals surface area contributed by atoms with Crippen LogP contribution >= 0.6 is 11.6 Å². The van der Waals surface area contributed by atoms with Crippen molar-refractivity contribution in [1.82, 2.24) is 4.98 Å². The molecule has 0 aliphatic carbocycles. The Hall–Kier alpha value is -0.990. The summed E-state index contributed by atoms with van der Waals surface area (Å²) in [5, 5.41) is 1.12. The fourth-order valence-corrected chi connectivity index (χ4v) is 1.59. The summed E-state index contributed by atoms with van der Waals surface area (Å²) in [4.78, 5) is 3.14. The minimum absolute atomic E-state index is 0.379. The molecule has 2 rings (SSSR count). The van der Waals surface area contributed by atoms with Gasteiger partial charge in [-0.05, 0) is 6.07 Å². The van der Waals surface area contributed by atoms with E-state index in [0.29, 0.717) is 0 Å². The lowest BCUT2D eigenvalue weighted by molar-refractivity contribution is 0.171. The topological polar surface area (TPSA) is 25.0 Å². The second-order valence-electron chi connectivity index (χ2n) is 2.84. The molecule has 1 heterocycles. The van der Waals surface area contributed by atoms with Crippen LogP contribution in [0.5, 0.6) is 0 Å². The summed E-state index contributed by atoms with van der Waals surface area (Å²) >= 11 is 5.97. The lowest BCUT2D eigenvalue weighted by Crippen LogP contribution is -1.90. The van der Waals surface area contributed by atoms with E-state index in [1.165, 1.54) is 0 Å². The number of hydrogen-bond donors (Lipinski definition) is 1. The first-order valence-electron chi connectivity index (χ1n) is 4.06. The summed E-state index contributed by atoms with van der Waals surface area (Å²) in [5.74, 6) is 0. The number of alkyl halides is 1. The van der Waals surface area contributed by atoms with Gasteiger partial charge in [-0.1, -0.05) is 29.8 Å². The number of benzene rings is 1. The van der Waals surface area contributed by atoms with Crippen molar-refractivity contribution in [2.75, 3.05) is 7.11 Å². The maximum Gasteiger partial charge on any atom is 0.158 e. The van der Waals surface area contributed by atoms with Crippen LogP contribution < -0.4 is 0 Å². The fraction of sp³-hybridized carbons (Fsp3) is 0.200. The average molecular weight is 196 g/mol. The van der Waals surface area contributed by atoms with Crippen molar-refractivity contribution < 1.29 is 4.74 Å². The number of nitrogens with one attached hydrogen (secondary N) is 1. The van der Waals surface area contributed by atoms with Gasteiger partial charge >= 0.3 is 0 Å². The van der Waals surface area contributed by atoms with E-state index in [1.54, 1.807) is 7.11 Å². The zero-order chi connectivity index (χ0) is 9.26. The Labute approximate surface area is 81.5 Å². The summed E-state index contributed by atoms with van der Waals surface area (Å²) in [6.07, 6.45) is 1.88. The number of aromatic nitrogens is 1. The number of rotatable bonds is 2. The van der Waals surface area contributed by atoms with Gasteiger partial charge in [-0.3, -0.25) is 0 Å². The van der Waals surface area contributed by atoms with Crippen molar-refractivity contribution in [1.29, 1.82) is 0 Å². The highest BCUT2D eigenvalue weighted by Gasteiger charge is 2.10. The molecule has 1 unspecified atom stereocenters. The minimum Gasteiger partial charge on any atom is -0.361 e. The Morgan fingerprint density at radius 1 is 1.38 bits per heavy atom. The van der Waals surface area contributed by atoms with E-state index in [1.807, 2.05) is 30.5 Å². The second kappa shape index (κ2) is 3.40. The number of halogens is 1. The molecule has 1 aromatic carbocycles. The van der Waals surface area contributed by atoms with Gasteiger partial charge in [0.05, 0.1) is 0 Å². The minimum atomic E-state index is -0.379. The quantitative estimate of drug-likeness (QED) is 0.733. The highest BCUT2D eigenvalue weighted by atomic mass is 35.5. The Balaban J connectivity index is 2.57. The smallest absolute Gasteiger partial charge is 0.158 e. The second-order valence-corrected chi connectivity index (χ2v) is 3.24. The molecule has 0 saturated heterocycles. The molecule has 0 radical (unpaired) electrons. The van der Waals surface area contributed by atoms with Crippen LogP contribution in [0.4, 0.5) is 0 Å². The Morgan fingerprint density at radius 3 is 2.92 bits per heavy atom. The van der Waals surface area contributed by atoms with Gasteiger partial charge < -0.3 is 9.72 Å². The van der Waals surface area contributed by atoms with Crippen LogP contribution in [0.25, 0.3) is 10.9 Å². The number of H-pyrrole nitrogens is 1. The molecular weight excluding hydrogens is 186 g/mol.